The third kappa shape index (κ3) is 2.73. The SMILES string of the molecule is C=C[C@H](CC(N)=O)c1ccc(C)cc1. The first-order chi connectivity index (χ1) is 6.63. The second-order valence-electron chi connectivity index (χ2n) is 3.42. The highest BCUT2D eigenvalue weighted by Gasteiger charge is 2.09. The molecule has 74 valence electrons. The van der Waals surface area contributed by atoms with E-state index in [0.29, 0.717) is 6.42 Å². The van der Waals surface area contributed by atoms with Crippen LogP contribution in [0, 0.1) is 6.92 Å². The average Bonchev–Trinajstić information content (AvgIpc) is 2.15. The van der Waals surface area contributed by atoms with Gasteiger partial charge >= 0.3 is 0 Å². The van der Waals surface area contributed by atoms with Gasteiger partial charge in [0, 0.05) is 12.3 Å². The van der Waals surface area contributed by atoms with Crippen molar-refractivity contribution in [2.45, 2.75) is 19.3 Å². The van der Waals surface area contributed by atoms with Crippen LogP contribution in [0.2, 0.25) is 0 Å². The Morgan fingerprint density at radius 2 is 2.07 bits per heavy atom. The number of hydrogen-bond acceptors (Lipinski definition) is 1. The highest BCUT2D eigenvalue weighted by molar-refractivity contribution is 5.75. The van der Waals surface area contributed by atoms with Crippen LogP contribution in [0.4, 0.5) is 0 Å². The zero-order chi connectivity index (χ0) is 10.6. The van der Waals surface area contributed by atoms with Crippen molar-refractivity contribution in [2.75, 3.05) is 0 Å². The van der Waals surface area contributed by atoms with Gasteiger partial charge in [-0.05, 0) is 12.5 Å². The van der Waals surface area contributed by atoms with Crippen molar-refractivity contribution in [3.05, 3.63) is 48.0 Å². The Hall–Kier alpha value is -1.57. The predicted octanol–water partition coefficient (Wildman–Crippen LogP) is 2.14. The number of aryl methyl sites for hydroxylation is 1. The third-order valence-corrected chi connectivity index (χ3v) is 2.21. The lowest BCUT2D eigenvalue weighted by Gasteiger charge is -2.10. The minimum absolute atomic E-state index is 0.0353. The van der Waals surface area contributed by atoms with Gasteiger partial charge in [0.05, 0.1) is 0 Å². The normalized spacial score (nSPS) is 12.1. The van der Waals surface area contributed by atoms with Crippen LogP contribution in [0.1, 0.15) is 23.5 Å². The van der Waals surface area contributed by atoms with Gasteiger partial charge in [-0.3, -0.25) is 4.79 Å². The van der Waals surface area contributed by atoms with Crippen LogP contribution in [-0.4, -0.2) is 5.91 Å². The maximum Gasteiger partial charge on any atom is 0.218 e. The summed E-state index contributed by atoms with van der Waals surface area (Å²) in [5.74, 6) is -0.261. The number of primary amides is 1. The molecule has 0 aliphatic heterocycles. The molecular weight excluding hydrogens is 174 g/mol. The highest BCUT2D eigenvalue weighted by Crippen LogP contribution is 2.20. The van der Waals surface area contributed by atoms with Gasteiger partial charge in [0.25, 0.3) is 0 Å². The maximum atomic E-state index is 10.8. The van der Waals surface area contributed by atoms with Crippen molar-refractivity contribution < 1.29 is 4.79 Å². The fourth-order valence-corrected chi connectivity index (χ4v) is 1.37. The molecule has 0 aromatic heterocycles. The van der Waals surface area contributed by atoms with E-state index in [1.165, 1.54) is 5.56 Å². The monoisotopic (exact) mass is 189 g/mol. The number of rotatable bonds is 4. The number of carbonyl (C=O) groups excluding carboxylic acids is 1. The first kappa shape index (κ1) is 10.5. The molecule has 0 aliphatic rings. The number of nitrogens with two attached hydrogens (primary N) is 1. The number of amides is 1. The lowest BCUT2D eigenvalue weighted by atomic mass is 9.95. The van der Waals surface area contributed by atoms with Crippen molar-refractivity contribution in [1.29, 1.82) is 0 Å². The van der Waals surface area contributed by atoms with Gasteiger partial charge in [0.15, 0.2) is 0 Å². The second-order valence-corrected chi connectivity index (χ2v) is 3.42. The van der Waals surface area contributed by atoms with Crippen LogP contribution in [0.25, 0.3) is 0 Å². The van der Waals surface area contributed by atoms with E-state index in [0.717, 1.165) is 5.56 Å². The van der Waals surface area contributed by atoms with Crippen LogP contribution >= 0.6 is 0 Å². The smallest absolute Gasteiger partial charge is 0.218 e. The number of hydrogen-bond donors (Lipinski definition) is 1. The Morgan fingerprint density at radius 1 is 1.50 bits per heavy atom. The molecule has 0 unspecified atom stereocenters. The predicted molar refractivity (Wildman–Crippen MR) is 57.9 cm³/mol. The molecule has 1 aromatic rings. The van der Waals surface area contributed by atoms with E-state index in [1.807, 2.05) is 31.2 Å². The second kappa shape index (κ2) is 4.61. The van der Waals surface area contributed by atoms with E-state index in [-0.39, 0.29) is 11.8 Å². The molecular formula is C12H15NO. The van der Waals surface area contributed by atoms with Crippen LogP contribution in [0.5, 0.6) is 0 Å². The molecule has 1 rings (SSSR count). The number of carbonyl (C=O) groups is 1. The summed E-state index contributed by atoms with van der Waals surface area (Å²) < 4.78 is 0. The van der Waals surface area contributed by atoms with Gasteiger partial charge in [-0.1, -0.05) is 35.9 Å². The first-order valence-electron chi connectivity index (χ1n) is 4.61. The summed E-state index contributed by atoms with van der Waals surface area (Å²) >= 11 is 0. The number of benzene rings is 1. The van der Waals surface area contributed by atoms with Crippen LogP contribution in [0.3, 0.4) is 0 Å². The van der Waals surface area contributed by atoms with Crippen LogP contribution in [0.15, 0.2) is 36.9 Å². The van der Waals surface area contributed by atoms with Crippen molar-refractivity contribution in [3.8, 4) is 0 Å². The van der Waals surface area contributed by atoms with Gasteiger partial charge in [-0.25, -0.2) is 0 Å². The lowest BCUT2D eigenvalue weighted by Crippen LogP contribution is -2.14. The zero-order valence-corrected chi connectivity index (χ0v) is 8.36. The van der Waals surface area contributed by atoms with Crippen LogP contribution < -0.4 is 5.73 Å². The topological polar surface area (TPSA) is 43.1 Å². The summed E-state index contributed by atoms with van der Waals surface area (Å²) in [5, 5.41) is 0. The molecule has 0 saturated heterocycles. The molecule has 0 bridgehead atoms. The fraction of sp³-hybridized carbons (Fsp3) is 0.250. The van der Waals surface area contributed by atoms with E-state index in [9.17, 15) is 4.79 Å². The summed E-state index contributed by atoms with van der Waals surface area (Å²) in [6.07, 6.45) is 2.09. The molecule has 1 aromatic carbocycles. The molecule has 0 radical (unpaired) electrons. The maximum absolute atomic E-state index is 10.8. The van der Waals surface area contributed by atoms with Gasteiger partial charge in [-0.2, -0.15) is 0 Å². The highest BCUT2D eigenvalue weighted by atomic mass is 16.1. The molecule has 2 N–H and O–H groups in total. The first-order valence-corrected chi connectivity index (χ1v) is 4.61. The summed E-state index contributed by atoms with van der Waals surface area (Å²) in [5.41, 5.74) is 7.44. The zero-order valence-electron chi connectivity index (χ0n) is 8.36. The van der Waals surface area contributed by atoms with Crippen molar-refractivity contribution >= 4 is 5.91 Å². The Bertz CT molecular complexity index is 327. The summed E-state index contributed by atoms with van der Waals surface area (Å²) in [7, 11) is 0. The summed E-state index contributed by atoms with van der Waals surface area (Å²) in [4.78, 5) is 10.8. The Morgan fingerprint density at radius 3 is 2.50 bits per heavy atom. The van der Waals surface area contributed by atoms with E-state index in [4.69, 9.17) is 5.73 Å². The largest absolute Gasteiger partial charge is 0.370 e. The Balaban J connectivity index is 2.84. The molecule has 1 amide bonds. The minimum Gasteiger partial charge on any atom is -0.370 e. The summed E-state index contributed by atoms with van der Waals surface area (Å²) in [6.45, 7) is 5.73. The van der Waals surface area contributed by atoms with Gasteiger partial charge in [-0.15, -0.1) is 6.58 Å². The number of allylic oxidation sites excluding steroid dienone is 1. The molecule has 0 heterocycles. The standard InChI is InChI=1S/C12H15NO/c1-3-10(8-12(13)14)11-6-4-9(2)5-7-11/h3-7,10H,1,8H2,2H3,(H2,13,14)/t10-/m1/s1. The van der Waals surface area contributed by atoms with E-state index < -0.39 is 0 Å². The Labute approximate surface area is 84.4 Å². The van der Waals surface area contributed by atoms with E-state index >= 15 is 0 Å². The molecule has 0 saturated carbocycles. The quantitative estimate of drug-likeness (QED) is 0.724. The molecule has 2 nitrogen and oxygen atoms in total. The van der Waals surface area contributed by atoms with Gasteiger partial charge < -0.3 is 5.73 Å². The van der Waals surface area contributed by atoms with E-state index in [2.05, 4.69) is 6.58 Å². The van der Waals surface area contributed by atoms with Gasteiger partial charge in [0.2, 0.25) is 5.91 Å². The minimum atomic E-state index is -0.296. The third-order valence-electron chi connectivity index (χ3n) is 2.21. The van der Waals surface area contributed by atoms with Gasteiger partial charge in [0.1, 0.15) is 0 Å². The van der Waals surface area contributed by atoms with Crippen molar-refractivity contribution in [1.82, 2.24) is 0 Å². The lowest BCUT2D eigenvalue weighted by molar-refractivity contribution is -0.118. The summed E-state index contributed by atoms with van der Waals surface area (Å²) in [6, 6.07) is 8.05. The molecule has 0 fully saturated rings. The molecule has 2 heteroatoms. The van der Waals surface area contributed by atoms with Crippen molar-refractivity contribution in [3.63, 3.8) is 0 Å². The van der Waals surface area contributed by atoms with Crippen LogP contribution in [-0.2, 0) is 4.79 Å². The molecule has 0 aliphatic carbocycles. The molecule has 0 spiro atoms. The van der Waals surface area contributed by atoms with E-state index in [1.54, 1.807) is 6.08 Å². The average molecular weight is 189 g/mol. The van der Waals surface area contributed by atoms with Crippen molar-refractivity contribution in [2.24, 2.45) is 5.73 Å². The molecule has 14 heavy (non-hydrogen) atoms. The fourth-order valence-electron chi connectivity index (χ4n) is 1.37. The Kier molecular flexibility index (Phi) is 3.46. The molecule has 1 atom stereocenters.